The molecule has 2 unspecified atom stereocenters. The molecule has 0 spiro atoms. The van der Waals surface area contributed by atoms with Gasteiger partial charge >= 0.3 is 5.97 Å². The second kappa shape index (κ2) is 3.91. The van der Waals surface area contributed by atoms with E-state index in [2.05, 4.69) is 18.3 Å². The number of hydrogen-bond donors (Lipinski definition) is 2. The Morgan fingerprint density at radius 3 is 2.75 bits per heavy atom. The minimum absolute atomic E-state index is 0.218. The summed E-state index contributed by atoms with van der Waals surface area (Å²) in [6.07, 6.45) is 0.908. The molecule has 0 aromatic heterocycles. The number of carboxylic acid groups (broad SMARTS) is 1. The highest BCUT2D eigenvalue weighted by Crippen LogP contribution is 2.29. The van der Waals surface area contributed by atoms with Gasteiger partial charge in [-0.15, -0.1) is 0 Å². The third kappa shape index (κ3) is 1.83. The van der Waals surface area contributed by atoms with E-state index in [0.717, 1.165) is 17.5 Å². The van der Waals surface area contributed by atoms with Crippen LogP contribution in [-0.2, 0) is 11.2 Å². The lowest BCUT2D eigenvalue weighted by molar-refractivity contribution is -0.140. The first-order valence-electron chi connectivity index (χ1n) is 5.58. The Balaban J connectivity index is 2.56. The average Bonchev–Trinajstić information content (AvgIpc) is 2.18. The largest absolute Gasteiger partial charge is 0.480 e. The zero-order valence-electron chi connectivity index (χ0n) is 9.87. The van der Waals surface area contributed by atoms with Crippen molar-refractivity contribution in [2.45, 2.75) is 39.3 Å². The van der Waals surface area contributed by atoms with Gasteiger partial charge in [0.2, 0.25) is 0 Å². The van der Waals surface area contributed by atoms with E-state index < -0.39 is 12.0 Å². The summed E-state index contributed by atoms with van der Waals surface area (Å²) in [5.41, 5.74) is 4.46. The predicted molar refractivity (Wildman–Crippen MR) is 62.6 cm³/mol. The fraction of sp³-hybridized carbons (Fsp3) is 0.462. The van der Waals surface area contributed by atoms with Crippen molar-refractivity contribution >= 4 is 5.97 Å². The molecule has 86 valence electrons. The first-order chi connectivity index (χ1) is 7.49. The van der Waals surface area contributed by atoms with Gasteiger partial charge in [-0.3, -0.25) is 10.1 Å². The Kier molecular flexibility index (Phi) is 2.72. The van der Waals surface area contributed by atoms with Crippen LogP contribution in [0.2, 0.25) is 0 Å². The second-order valence-corrected chi connectivity index (χ2v) is 4.69. The lowest BCUT2D eigenvalue weighted by atomic mass is 9.86. The van der Waals surface area contributed by atoms with Crippen molar-refractivity contribution in [2.75, 3.05) is 0 Å². The molecular formula is C13H17NO2. The predicted octanol–water partition coefficient (Wildman–Crippen LogP) is 1.96. The molecule has 0 saturated heterocycles. The molecular weight excluding hydrogens is 202 g/mol. The molecule has 2 rings (SSSR count). The minimum Gasteiger partial charge on any atom is -0.480 e. The molecule has 1 aliphatic heterocycles. The van der Waals surface area contributed by atoms with Crippen LogP contribution in [0.3, 0.4) is 0 Å². The first-order valence-corrected chi connectivity index (χ1v) is 5.58. The number of benzene rings is 1. The highest BCUT2D eigenvalue weighted by atomic mass is 16.4. The average molecular weight is 219 g/mol. The van der Waals surface area contributed by atoms with Crippen LogP contribution in [-0.4, -0.2) is 17.1 Å². The maximum absolute atomic E-state index is 11.2. The van der Waals surface area contributed by atoms with Gasteiger partial charge in [-0.2, -0.15) is 0 Å². The number of aliphatic carboxylic acids is 1. The summed E-state index contributed by atoms with van der Waals surface area (Å²) >= 11 is 0. The zero-order chi connectivity index (χ0) is 11.9. The minimum atomic E-state index is -0.794. The molecule has 0 saturated carbocycles. The molecule has 16 heavy (non-hydrogen) atoms. The van der Waals surface area contributed by atoms with Gasteiger partial charge in [0.1, 0.15) is 6.04 Å². The second-order valence-electron chi connectivity index (χ2n) is 4.69. The molecule has 2 N–H and O–H groups in total. The van der Waals surface area contributed by atoms with Gasteiger partial charge in [0.25, 0.3) is 0 Å². The van der Waals surface area contributed by atoms with E-state index in [-0.39, 0.29) is 6.04 Å². The lowest BCUT2D eigenvalue weighted by Gasteiger charge is -2.30. The Morgan fingerprint density at radius 1 is 1.44 bits per heavy atom. The van der Waals surface area contributed by atoms with Crippen LogP contribution in [0.5, 0.6) is 0 Å². The van der Waals surface area contributed by atoms with Crippen molar-refractivity contribution in [2.24, 2.45) is 0 Å². The quantitative estimate of drug-likeness (QED) is 0.759. The van der Waals surface area contributed by atoms with Crippen molar-refractivity contribution in [3.63, 3.8) is 0 Å². The highest BCUT2D eigenvalue weighted by molar-refractivity contribution is 5.77. The SMILES string of the molecule is Cc1cc(C)c2c(c1)C(C(=O)O)NC(C)C2. The molecule has 1 heterocycles. The Bertz CT molecular complexity index is 440. The molecule has 0 radical (unpaired) electrons. The van der Waals surface area contributed by atoms with E-state index >= 15 is 0 Å². The van der Waals surface area contributed by atoms with Crippen LogP contribution in [0.15, 0.2) is 12.1 Å². The van der Waals surface area contributed by atoms with Gasteiger partial charge < -0.3 is 5.11 Å². The van der Waals surface area contributed by atoms with E-state index in [1.807, 2.05) is 19.9 Å². The van der Waals surface area contributed by atoms with Crippen LogP contribution in [0.25, 0.3) is 0 Å². The number of fused-ring (bicyclic) bond motifs is 1. The van der Waals surface area contributed by atoms with Crippen molar-refractivity contribution in [3.05, 3.63) is 34.4 Å². The maximum atomic E-state index is 11.2. The molecule has 3 nitrogen and oxygen atoms in total. The fourth-order valence-electron chi connectivity index (χ4n) is 2.51. The lowest BCUT2D eigenvalue weighted by Crippen LogP contribution is -2.41. The standard InChI is InChI=1S/C13H17NO2/c1-7-4-8(2)10-6-9(3)14-12(13(15)16)11(10)5-7/h4-5,9,12,14H,6H2,1-3H3,(H,15,16). The van der Waals surface area contributed by atoms with Crippen molar-refractivity contribution < 1.29 is 9.90 Å². The van der Waals surface area contributed by atoms with E-state index in [9.17, 15) is 9.90 Å². The van der Waals surface area contributed by atoms with Gasteiger partial charge in [-0.05, 0) is 43.9 Å². The summed E-state index contributed by atoms with van der Waals surface area (Å²) < 4.78 is 0. The number of nitrogens with one attached hydrogen (secondary N) is 1. The van der Waals surface area contributed by atoms with Gasteiger partial charge in [-0.1, -0.05) is 17.7 Å². The van der Waals surface area contributed by atoms with E-state index in [1.165, 1.54) is 11.1 Å². The van der Waals surface area contributed by atoms with Crippen LogP contribution in [0.4, 0.5) is 0 Å². The molecule has 2 atom stereocenters. The fourth-order valence-corrected chi connectivity index (χ4v) is 2.51. The van der Waals surface area contributed by atoms with Crippen LogP contribution >= 0.6 is 0 Å². The van der Waals surface area contributed by atoms with Crippen molar-refractivity contribution in [3.8, 4) is 0 Å². The number of carbonyl (C=O) groups is 1. The molecule has 0 aliphatic carbocycles. The summed E-state index contributed by atoms with van der Waals surface area (Å²) in [6.45, 7) is 6.09. The summed E-state index contributed by atoms with van der Waals surface area (Å²) in [5, 5.41) is 12.3. The monoisotopic (exact) mass is 219 g/mol. The molecule has 1 aromatic carbocycles. The van der Waals surface area contributed by atoms with Gasteiger partial charge in [0.05, 0.1) is 0 Å². The van der Waals surface area contributed by atoms with Crippen LogP contribution in [0, 0.1) is 13.8 Å². The highest BCUT2D eigenvalue weighted by Gasteiger charge is 2.29. The number of hydrogen-bond acceptors (Lipinski definition) is 2. The molecule has 1 aromatic rings. The first kappa shape index (κ1) is 11.1. The smallest absolute Gasteiger partial charge is 0.325 e. The van der Waals surface area contributed by atoms with Crippen molar-refractivity contribution in [1.29, 1.82) is 0 Å². The maximum Gasteiger partial charge on any atom is 0.325 e. The summed E-state index contributed by atoms with van der Waals surface area (Å²) in [4.78, 5) is 11.2. The van der Waals surface area contributed by atoms with Crippen LogP contribution < -0.4 is 5.32 Å². The molecule has 0 amide bonds. The van der Waals surface area contributed by atoms with Gasteiger partial charge in [0, 0.05) is 6.04 Å². The van der Waals surface area contributed by atoms with Gasteiger partial charge in [-0.25, -0.2) is 0 Å². The molecule has 0 bridgehead atoms. The van der Waals surface area contributed by atoms with E-state index in [0.29, 0.717) is 0 Å². The Labute approximate surface area is 95.5 Å². The van der Waals surface area contributed by atoms with E-state index in [4.69, 9.17) is 0 Å². The summed E-state index contributed by atoms with van der Waals surface area (Å²) in [5.74, 6) is -0.794. The zero-order valence-corrected chi connectivity index (χ0v) is 9.87. The number of carboxylic acids is 1. The topological polar surface area (TPSA) is 49.3 Å². The Hall–Kier alpha value is -1.35. The number of rotatable bonds is 1. The third-order valence-corrected chi connectivity index (χ3v) is 3.17. The van der Waals surface area contributed by atoms with E-state index in [1.54, 1.807) is 0 Å². The molecule has 3 heteroatoms. The van der Waals surface area contributed by atoms with Crippen LogP contribution in [0.1, 0.15) is 35.2 Å². The molecule has 1 aliphatic rings. The molecule has 0 fully saturated rings. The van der Waals surface area contributed by atoms with Gasteiger partial charge in [0.15, 0.2) is 0 Å². The van der Waals surface area contributed by atoms with Crippen molar-refractivity contribution in [1.82, 2.24) is 5.32 Å². The summed E-state index contributed by atoms with van der Waals surface area (Å²) in [6, 6.07) is 3.77. The Morgan fingerprint density at radius 2 is 2.12 bits per heavy atom. The third-order valence-electron chi connectivity index (χ3n) is 3.17. The normalized spacial score (nSPS) is 23.9. The summed E-state index contributed by atoms with van der Waals surface area (Å²) in [7, 11) is 0. The number of aryl methyl sites for hydroxylation is 2.